The lowest BCUT2D eigenvalue weighted by Gasteiger charge is -2.32. The van der Waals surface area contributed by atoms with Crippen LogP contribution in [-0.2, 0) is 28.3 Å². The molecule has 3 aromatic carbocycles. The number of thioether (sulfide) groups is 1. The molecule has 0 aromatic heterocycles. The van der Waals surface area contributed by atoms with Crippen LogP contribution in [0.2, 0.25) is 5.02 Å². The van der Waals surface area contributed by atoms with Crippen LogP contribution in [0.15, 0.2) is 84.9 Å². The van der Waals surface area contributed by atoms with E-state index in [1.807, 2.05) is 86.6 Å². The number of nitrogens with zero attached hydrogens (tertiary/aromatic N) is 1. The molecule has 0 bridgehead atoms. The van der Waals surface area contributed by atoms with Gasteiger partial charge in [0.1, 0.15) is 6.04 Å². The van der Waals surface area contributed by atoms with Crippen molar-refractivity contribution >= 4 is 35.2 Å². The second-order valence-electron chi connectivity index (χ2n) is 8.61. The highest BCUT2D eigenvalue weighted by atomic mass is 35.5. The number of carbonyl (C=O) groups is 2. The Bertz CT molecular complexity index is 1080. The third-order valence-electron chi connectivity index (χ3n) is 5.91. The zero-order valence-electron chi connectivity index (χ0n) is 20.3. The van der Waals surface area contributed by atoms with Crippen LogP contribution in [0.25, 0.3) is 0 Å². The van der Waals surface area contributed by atoms with Gasteiger partial charge < -0.3 is 10.2 Å². The van der Waals surface area contributed by atoms with Crippen LogP contribution in [-0.4, -0.2) is 34.6 Å². The fourth-order valence-electron chi connectivity index (χ4n) is 3.72. The molecule has 0 aliphatic carbocycles. The standard InChI is InChI=1S/C29H33ClN2O2S/c1-3-22(2)31-29(34)27(18-23-12-6-4-7-13-23)32(19-25-16-10-11-17-26(25)30)28(33)21-35-20-24-14-8-5-9-15-24/h4-17,22,27H,3,18-21H2,1-2H3,(H,31,34). The van der Waals surface area contributed by atoms with E-state index in [4.69, 9.17) is 11.6 Å². The smallest absolute Gasteiger partial charge is 0.243 e. The second kappa shape index (κ2) is 14.0. The quantitative estimate of drug-likeness (QED) is 0.320. The Morgan fingerprint density at radius 1 is 0.914 bits per heavy atom. The van der Waals surface area contributed by atoms with Crippen molar-refractivity contribution in [1.29, 1.82) is 0 Å². The number of hydrogen-bond acceptors (Lipinski definition) is 3. The van der Waals surface area contributed by atoms with E-state index in [0.29, 0.717) is 11.4 Å². The molecule has 0 spiro atoms. The van der Waals surface area contributed by atoms with E-state index < -0.39 is 6.04 Å². The summed E-state index contributed by atoms with van der Waals surface area (Å²) >= 11 is 8.02. The molecule has 2 atom stereocenters. The summed E-state index contributed by atoms with van der Waals surface area (Å²) in [5, 5.41) is 3.68. The van der Waals surface area contributed by atoms with Gasteiger partial charge in [-0.1, -0.05) is 97.4 Å². The Balaban J connectivity index is 1.87. The molecule has 6 heteroatoms. The van der Waals surface area contributed by atoms with Crippen molar-refractivity contribution in [2.24, 2.45) is 0 Å². The zero-order valence-corrected chi connectivity index (χ0v) is 21.9. The van der Waals surface area contributed by atoms with E-state index >= 15 is 0 Å². The molecule has 0 fully saturated rings. The topological polar surface area (TPSA) is 49.4 Å². The van der Waals surface area contributed by atoms with Crippen molar-refractivity contribution in [1.82, 2.24) is 10.2 Å². The Hall–Kier alpha value is -2.76. The number of amides is 2. The molecule has 0 radical (unpaired) electrons. The molecule has 2 amide bonds. The molecule has 3 rings (SSSR count). The maximum absolute atomic E-state index is 13.6. The number of benzene rings is 3. The van der Waals surface area contributed by atoms with E-state index in [-0.39, 0.29) is 30.2 Å². The summed E-state index contributed by atoms with van der Waals surface area (Å²) < 4.78 is 0. The zero-order chi connectivity index (χ0) is 25.0. The first-order valence-corrected chi connectivity index (χ1v) is 13.5. The molecule has 0 saturated carbocycles. The molecular formula is C29H33ClN2O2S. The van der Waals surface area contributed by atoms with Gasteiger partial charge in [0.2, 0.25) is 11.8 Å². The van der Waals surface area contributed by atoms with E-state index in [1.54, 1.807) is 16.7 Å². The minimum absolute atomic E-state index is 0.0190. The SMILES string of the molecule is CCC(C)NC(=O)C(Cc1ccccc1)N(Cc1ccccc1Cl)C(=O)CSCc1ccccc1. The molecule has 35 heavy (non-hydrogen) atoms. The number of rotatable bonds is 12. The van der Waals surface area contributed by atoms with E-state index in [1.165, 1.54) is 5.56 Å². The number of halogens is 1. The molecular weight excluding hydrogens is 476 g/mol. The van der Waals surface area contributed by atoms with Gasteiger partial charge in [-0.05, 0) is 36.1 Å². The number of carbonyl (C=O) groups excluding carboxylic acids is 2. The highest BCUT2D eigenvalue weighted by molar-refractivity contribution is 7.99. The minimum atomic E-state index is -0.646. The van der Waals surface area contributed by atoms with Crippen LogP contribution >= 0.6 is 23.4 Å². The minimum Gasteiger partial charge on any atom is -0.352 e. The average Bonchev–Trinajstić information content (AvgIpc) is 2.88. The highest BCUT2D eigenvalue weighted by Crippen LogP contribution is 2.22. The van der Waals surface area contributed by atoms with Gasteiger partial charge in [-0.15, -0.1) is 11.8 Å². The van der Waals surface area contributed by atoms with Crippen LogP contribution in [0.1, 0.15) is 37.0 Å². The first kappa shape index (κ1) is 26.8. The molecule has 0 aliphatic heterocycles. The molecule has 184 valence electrons. The Morgan fingerprint density at radius 3 is 2.14 bits per heavy atom. The van der Waals surface area contributed by atoms with E-state index in [0.717, 1.165) is 23.3 Å². The third-order valence-corrected chi connectivity index (χ3v) is 7.27. The Morgan fingerprint density at radius 2 is 1.51 bits per heavy atom. The number of nitrogens with one attached hydrogen (secondary N) is 1. The van der Waals surface area contributed by atoms with E-state index in [9.17, 15) is 9.59 Å². The Kier molecular flexibility index (Phi) is 10.7. The van der Waals surface area contributed by atoms with Gasteiger partial charge >= 0.3 is 0 Å². The van der Waals surface area contributed by atoms with Crippen molar-refractivity contribution in [2.45, 2.75) is 51.1 Å². The summed E-state index contributed by atoms with van der Waals surface area (Å²) in [5.74, 6) is 0.790. The second-order valence-corrected chi connectivity index (χ2v) is 10.0. The van der Waals surface area contributed by atoms with Crippen LogP contribution in [0.5, 0.6) is 0 Å². The first-order valence-electron chi connectivity index (χ1n) is 12.0. The fourth-order valence-corrected chi connectivity index (χ4v) is 4.78. The normalized spacial score (nSPS) is 12.5. The summed E-state index contributed by atoms with van der Waals surface area (Å²) in [5.41, 5.74) is 2.99. The van der Waals surface area contributed by atoms with Crippen LogP contribution < -0.4 is 5.32 Å². The Labute approximate surface area is 218 Å². The van der Waals surface area contributed by atoms with Crippen LogP contribution in [0.4, 0.5) is 0 Å². The first-order chi connectivity index (χ1) is 17.0. The molecule has 0 aliphatic rings. The van der Waals surface area contributed by atoms with Gasteiger partial charge in [-0.3, -0.25) is 9.59 Å². The molecule has 1 N–H and O–H groups in total. The summed E-state index contributed by atoms with van der Waals surface area (Å²) in [7, 11) is 0. The van der Waals surface area contributed by atoms with Gasteiger partial charge in [-0.25, -0.2) is 0 Å². The van der Waals surface area contributed by atoms with Gasteiger partial charge in [-0.2, -0.15) is 0 Å². The molecule has 2 unspecified atom stereocenters. The van der Waals surface area contributed by atoms with Gasteiger partial charge in [0.05, 0.1) is 5.75 Å². The van der Waals surface area contributed by atoms with Crippen molar-refractivity contribution in [3.63, 3.8) is 0 Å². The van der Waals surface area contributed by atoms with Crippen molar-refractivity contribution < 1.29 is 9.59 Å². The fraction of sp³-hybridized carbons (Fsp3) is 0.310. The summed E-state index contributed by atoms with van der Waals surface area (Å²) in [6.07, 6.45) is 1.25. The maximum atomic E-state index is 13.6. The summed E-state index contributed by atoms with van der Waals surface area (Å²) in [6, 6.07) is 26.8. The summed E-state index contributed by atoms with van der Waals surface area (Å²) in [4.78, 5) is 28.8. The van der Waals surface area contributed by atoms with Gasteiger partial charge in [0.15, 0.2) is 0 Å². The molecule has 4 nitrogen and oxygen atoms in total. The monoisotopic (exact) mass is 508 g/mol. The van der Waals surface area contributed by atoms with E-state index in [2.05, 4.69) is 17.4 Å². The number of hydrogen-bond donors (Lipinski definition) is 1. The maximum Gasteiger partial charge on any atom is 0.243 e. The van der Waals surface area contributed by atoms with Crippen LogP contribution in [0, 0.1) is 0 Å². The van der Waals surface area contributed by atoms with Crippen LogP contribution in [0.3, 0.4) is 0 Å². The largest absolute Gasteiger partial charge is 0.352 e. The van der Waals surface area contributed by atoms with Gasteiger partial charge in [0, 0.05) is 29.8 Å². The van der Waals surface area contributed by atoms with Gasteiger partial charge in [0.25, 0.3) is 0 Å². The summed E-state index contributed by atoms with van der Waals surface area (Å²) in [6.45, 7) is 4.28. The average molecular weight is 509 g/mol. The van der Waals surface area contributed by atoms with Crippen molar-refractivity contribution in [2.75, 3.05) is 5.75 Å². The molecule has 0 saturated heterocycles. The lowest BCUT2D eigenvalue weighted by atomic mass is 10.0. The lowest BCUT2D eigenvalue weighted by molar-refractivity contribution is -0.139. The van der Waals surface area contributed by atoms with Crippen molar-refractivity contribution in [3.8, 4) is 0 Å². The third kappa shape index (κ3) is 8.44. The lowest BCUT2D eigenvalue weighted by Crippen LogP contribution is -2.52. The highest BCUT2D eigenvalue weighted by Gasteiger charge is 2.31. The predicted molar refractivity (Wildman–Crippen MR) is 146 cm³/mol. The molecule has 0 heterocycles. The predicted octanol–water partition coefficient (Wildman–Crippen LogP) is 6.13. The van der Waals surface area contributed by atoms with Crippen molar-refractivity contribution in [3.05, 3.63) is 107 Å². The molecule has 3 aromatic rings.